The first-order valence-electron chi connectivity index (χ1n) is 10.5. The maximum absolute atomic E-state index is 9.72. The van der Waals surface area contributed by atoms with Gasteiger partial charge in [0.2, 0.25) is 5.82 Å². The van der Waals surface area contributed by atoms with Crippen molar-refractivity contribution in [2.24, 2.45) is 5.73 Å². The van der Waals surface area contributed by atoms with Gasteiger partial charge in [-0.15, -0.1) is 0 Å². The van der Waals surface area contributed by atoms with E-state index in [1.165, 1.54) is 0 Å². The van der Waals surface area contributed by atoms with Crippen molar-refractivity contribution in [2.75, 3.05) is 31.6 Å². The molecule has 3 N–H and O–H groups in total. The topological polar surface area (TPSA) is 111 Å². The highest BCUT2D eigenvalue weighted by Crippen LogP contribution is 2.31. The molecule has 0 spiro atoms. The molecule has 2 heterocycles. The number of benzene rings is 1. The first-order chi connectivity index (χ1) is 14.9. The Morgan fingerprint density at radius 1 is 1.13 bits per heavy atom. The van der Waals surface area contributed by atoms with Crippen LogP contribution in [0.1, 0.15) is 30.7 Å². The number of nitrogens with zero attached hydrogens (tertiary/aromatic N) is 4. The number of aliphatic hydroxyl groups excluding tert-OH is 1. The lowest BCUT2D eigenvalue weighted by molar-refractivity contribution is 0.113. The predicted molar refractivity (Wildman–Crippen MR) is 121 cm³/mol. The summed E-state index contributed by atoms with van der Waals surface area (Å²) in [6, 6.07) is 7.86. The number of pyridine rings is 1. The molecule has 3 rings (SSSR count). The van der Waals surface area contributed by atoms with Gasteiger partial charge in [0.15, 0.2) is 0 Å². The molecule has 0 fully saturated rings. The summed E-state index contributed by atoms with van der Waals surface area (Å²) in [6.45, 7) is 9.21. The Morgan fingerprint density at radius 3 is 2.58 bits per heavy atom. The normalized spacial score (nSPS) is 12.1. The Labute approximate surface area is 183 Å². The average molecular weight is 426 g/mol. The molecule has 0 saturated carbocycles. The quantitative estimate of drug-likeness (QED) is 0.538. The van der Waals surface area contributed by atoms with Crippen LogP contribution in [0.25, 0.3) is 22.8 Å². The fourth-order valence-corrected chi connectivity index (χ4v) is 3.28. The lowest BCUT2D eigenvalue weighted by atomic mass is 10.0. The molecule has 0 bridgehead atoms. The maximum atomic E-state index is 9.72. The second kappa shape index (κ2) is 9.89. The first kappa shape index (κ1) is 22.7. The largest absolute Gasteiger partial charge is 0.490 e. The molecule has 3 aromatic rings. The summed E-state index contributed by atoms with van der Waals surface area (Å²) in [7, 11) is 2.00. The third-order valence-corrected chi connectivity index (χ3v) is 5.16. The molecule has 8 nitrogen and oxygen atoms in total. The Bertz CT molecular complexity index is 1030. The molecule has 0 saturated heterocycles. The highest BCUT2D eigenvalue weighted by Gasteiger charge is 2.17. The van der Waals surface area contributed by atoms with Crippen LogP contribution in [0.4, 0.5) is 5.82 Å². The number of hydrogen-bond donors (Lipinski definition) is 2. The number of aryl methyl sites for hydroxylation is 3. The predicted octanol–water partition coefficient (Wildman–Crippen LogP) is 3.13. The minimum atomic E-state index is -0.691. The van der Waals surface area contributed by atoms with Crippen LogP contribution >= 0.6 is 0 Å². The van der Waals surface area contributed by atoms with E-state index in [1.54, 1.807) is 0 Å². The van der Waals surface area contributed by atoms with Crippen LogP contribution in [0.3, 0.4) is 0 Å². The van der Waals surface area contributed by atoms with Crippen molar-refractivity contribution >= 4 is 5.82 Å². The summed E-state index contributed by atoms with van der Waals surface area (Å²) in [5.74, 6) is 2.59. The van der Waals surface area contributed by atoms with Crippen LogP contribution in [0.5, 0.6) is 5.75 Å². The van der Waals surface area contributed by atoms with Gasteiger partial charge in [0, 0.05) is 37.0 Å². The van der Waals surface area contributed by atoms with Crippen LogP contribution in [-0.4, -0.2) is 53.1 Å². The third kappa shape index (κ3) is 5.21. The van der Waals surface area contributed by atoms with Gasteiger partial charge in [0.25, 0.3) is 5.89 Å². The van der Waals surface area contributed by atoms with Crippen molar-refractivity contribution < 1.29 is 14.4 Å². The number of nitrogens with two attached hydrogens (primary N) is 1. The van der Waals surface area contributed by atoms with Gasteiger partial charge in [0.1, 0.15) is 24.3 Å². The SMILES string of the molecule is CCc1cc(-c2noc(-c3cc(C)nc(N(C)CC)c3)n2)cc(C)c1OCC(O)CN. The first-order valence-corrected chi connectivity index (χ1v) is 10.5. The minimum Gasteiger partial charge on any atom is -0.490 e. The van der Waals surface area contributed by atoms with E-state index in [0.717, 1.165) is 52.5 Å². The molecule has 0 amide bonds. The van der Waals surface area contributed by atoms with E-state index in [9.17, 15) is 5.11 Å². The molecular weight excluding hydrogens is 394 g/mol. The molecule has 0 aliphatic heterocycles. The fraction of sp³-hybridized carbons (Fsp3) is 0.435. The molecular formula is C23H31N5O3. The van der Waals surface area contributed by atoms with Crippen LogP contribution in [-0.2, 0) is 6.42 Å². The van der Waals surface area contributed by atoms with Gasteiger partial charge in [-0.2, -0.15) is 4.98 Å². The summed E-state index contributed by atoms with van der Waals surface area (Å²) in [5.41, 5.74) is 10.0. The number of aliphatic hydroxyl groups is 1. The number of anilines is 1. The van der Waals surface area contributed by atoms with Gasteiger partial charge in [-0.25, -0.2) is 4.98 Å². The van der Waals surface area contributed by atoms with Crippen molar-refractivity contribution in [3.05, 3.63) is 41.1 Å². The standard InChI is InChI=1S/C23H31N5O3/c1-6-16-10-17(8-14(3)21(16)30-13-19(29)12-24)22-26-23(31-27-22)18-9-15(4)25-20(11-18)28(5)7-2/h8-11,19,29H,6-7,12-13,24H2,1-5H3. The number of ether oxygens (including phenoxy) is 1. The van der Waals surface area contributed by atoms with Crippen molar-refractivity contribution in [3.63, 3.8) is 0 Å². The summed E-state index contributed by atoms with van der Waals surface area (Å²) in [4.78, 5) is 11.3. The van der Waals surface area contributed by atoms with Gasteiger partial charge >= 0.3 is 0 Å². The minimum absolute atomic E-state index is 0.159. The Balaban J connectivity index is 1.92. The van der Waals surface area contributed by atoms with Gasteiger partial charge in [-0.3, -0.25) is 0 Å². The molecule has 2 aromatic heterocycles. The second-order valence-electron chi connectivity index (χ2n) is 7.63. The van der Waals surface area contributed by atoms with E-state index in [2.05, 4.69) is 33.9 Å². The zero-order valence-electron chi connectivity index (χ0n) is 18.8. The molecule has 1 aromatic carbocycles. The maximum Gasteiger partial charge on any atom is 0.258 e. The van der Waals surface area contributed by atoms with Crippen molar-refractivity contribution in [3.8, 4) is 28.6 Å². The second-order valence-corrected chi connectivity index (χ2v) is 7.63. The number of aromatic nitrogens is 3. The summed E-state index contributed by atoms with van der Waals surface area (Å²) in [6.07, 6.45) is 0.0768. The van der Waals surface area contributed by atoms with Crippen molar-refractivity contribution in [2.45, 2.75) is 40.2 Å². The van der Waals surface area contributed by atoms with E-state index < -0.39 is 6.10 Å². The molecule has 0 aliphatic rings. The molecule has 1 atom stereocenters. The zero-order chi connectivity index (χ0) is 22.5. The monoisotopic (exact) mass is 425 g/mol. The Morgan fingerprint density at radius 2 is 1.90 bits per heavy atom. The van der Waals surface area contributed by atoms with Gasteiger partial charge in [-0.05, 0) is 62.6 Å². The average Bonchev–Trinajstić information content (AvgIpc) is 3.26. The molecule has 166 valence electrons. The summed E-state index contributed by atoms with van der Waals surface area (Å²) < 4.78 is 11.4. The van der Waals surface area contributed by atoms with Crippen LogP contribution in [0.15, 0.2) is 28.8 Å². The molecule has 31 heavy (non-hydrogen) atoms. The van der Waals surface area contributed by atoms with Gasteiger partial charge < -0.3 is 25.0 Å². The van der Waals surface area contributed by atoms with E-state index in [0.29, 0.717) is 11.7 Å². The summed E-state index contributed by atoms with van der Waals surface area (Å²) >= 11 is 0. The van der Waals surface area contributed by atoms with E-state index in [-0.39, 0.29) is 13.2 Å². The highest BCUT2D eigenvalue weighted by molar-refractivity contribution is 5.65. The van der Waals surface area contributed by atoms with Gasteiger partial charge in [-0.1, -0.05) is 12.1 Å². The Kier molecular flexibility index (Phi) is 7.25. The molecule has 0 radical (unpaired) electrons. The fourth-order valence-electron chi connectivity index (χ4n) is 3.28. The number of rotatable bonds is 9. The lowest BCUT2D eigenvalue weighted by Crippen LogP contribution is -2.27. The van der Waals surface area contributed by atoms with Crippen molar-refractivity contribution in [1.82, 2.24) is 15.1 Å². The number of hydrogen-bond acceptors (Lipinski definition) is 8. The smallest absolute Gasteiger partial charge is 0.258 e. The van der Waals surface area contributed by atoms with Crippen LogP contribution in [0, 0.1) is 13.8 Å². The third-order valence-electron chi connectivity index (χ3n) is 5.16. The van der Waals surface area contributed by atoms with E-state index in [1.807, 2.05) is 45.2 Å². The Hall–Kier alpha value is -2.97. The van der Waals surface area contributed by atoms with Crippen LogP contribution < -0.4 is 15.4 Å². The highest BCUT2D eigenvalue weighted by atomic mass is 16.5. The van der Waals surface area contributed by atoms with Gasteiger partial charge in [0.05, 0.1) is 0 Å². The van der Waals surface area contributed by atoms with Crippen LogP contribution in [0.2, 0.25) is 0 Å². The zero-order valence-corrected chi connectivity index (χ0v) is 18.8. The summed E-state index contributed by atoms with van der Waals surface area (Å²) in [5, 5.41) is 13.9. The molecule has 0 aliphatic carbocycles. The van der Waals surface area contributed by atoms with E-state index in [4.69, 9.17) is 15.0 Å². The van der Waals surface area contributed by atoms with Crippen molar-refractivity contribution in [1.29, 1.82) is 0 Å². The molecule has 1 unspecified atom stereocenters. The van der Waals surface area contributed by atoms with E-state index >= 15 is 0 Å². The lowest BCUT2D eigenvalue weighted by Gasteiger charge is -2.16. The molecule has 8 heteroatoms.